The van der Waals surface area contributed by atoms with E-state index < -0.39 is 42.0 Å². The maximum Gasteiger partial charge on any atom is 0.337 e. The van der Waals surface area contributed by atoms with E-state index in [9.17, 15) is 14.4 Å². The topological polar surface area (TPSA) is 121 Å². The second-order valence-electron chi connectivity index (χ2n) is 4.65. The van der Waals surface area contributed by atoms with E-state index in [1.807, 2.05) is 0 Å². The quantitative estimate of drug-likeness (QED) is 0.628. The summed E-state index contributed by atoms with van der Waals surface area (Å²) in [6, 6.07) is 0. The van der Waals surface area contributed by atoms with Crippen LogP contribution in [0.25, 0.3) is 0 Å². The van der Waals surface area contributed by atoms with Gasteiger partial charge in [0.15, 0.2) is 5.60 Å². The lowest BCUT2D eigenvalue weighted by molar-refractivity contribution is -0.195. The van der Waals surface area contributed by atoms with Crippen LogP contribution < -0.4 is 0 Å². The summed E-state index contributed by atoms with van der Waals surface area (Å²) in [4.78, 5) is 32.4. The average molecular weight is 248 g/mol. The molecule has 98 valence electrons. The largest absolute Gasteiger partial charge is 0.481 e. The van der Waals surface area contributed by atoms with Gasteiger partial charge in [0.1, 0.15) is 0 Å². The number of hydrogen-bond donors (Lipinski definition) is 3. The molecule has 0 fully saturated rings. The first-order chi connectivity index (χ1) is 7.48. The molecule has 0 amide bonds. The van der Waals surface area contributed by atoms with Crippen LogP contribution in [0.15, 0.2) is 0 Å². The summed E-state index contributed by atoms with van der Waals surface area (Å²) in [5, 5.41) is 26.4. The zero-order valence-corrected chi connectivity index (χ0v) is 9.89. The Morgan fingerprint density at radius 3 is 1.47 bits per heavy atom. The van der Waals surface area contributed by atoms with E-state index in [1.165, 1.54) is 20.8 Å². The summed E-state index contributed by atoms with van der Waals surface area (Å²) in [6.45, 7) is 4.57. The maximum atomic E-state index is 11.1. The minimum Gasteiger partial charge on any atom is -0.481 e. The molecule has 0 radical (unpaired) electrons. The molecule has 0 aromatic heterocycles. The fourth-order valence-corrected chi connectivity index (χ4v) is 1.40. The third kappa shape index (κ3) is 5.30. The maximum absolute atomic E-state index is 11.1. The highest BCUT2D eigenvalue weighted by Gasteiger charge is 2.47. The van der Waals surface area contributed by atoms with E-state index >= 15 is 0 Å². The highest BCUT2D eigenvalue weighted by Crippen LogP contribution is 2.28. The number of rotatable bonds is 6. The molecule has 7 heteroatoms. The summed E-state index contributed by atoms with van der Waals surface area (Å²) < 4.78 is 5.15. The molecule has 0 aromatic carbocycles. The molecular weight excluding hydrogens is 232 g/mol. The number of carboxylic acids is 3. The molecule has 3 N–H and O–H groups in total. The number of ether oxygens (including phenoxy) is 1. The summed E-state index contributed by atoms with van der Waals surface area (Å²) in [5.74, 6) is -4.46. The predicted molar refractivity (Wildman–Crippen MR) is 55.7 cm³/mol. The third-order valence-electron chi connectivity index (χ3n) is 1.76. The third-order valence-corrected chi connectivity index (χ3v) is 1.76. The van der Waals surface area contributed by atoms with Gasteiger partial charge in [-0.25, -0.2) is 4.79 Å². The Labute approximate surface area is 98.0 Å². The van der Waals surface area contributed by atoms with Crippen LogP contribution in [0, 0.1) is 0 Å². The molecule has 0 aliphatic carbocycles. The van der Waals surface area contributed by atoms with Crippen LogP contribution in [-0.4, -0.2) is 44.4 Å². The molecule has 0 spiro atoms. The fraction of sp³-hybridized carbons (Fsp3) is 0.700. The summed E-state index contributed by atoms with van der Waals surface area (Å²) in [5.41, 5.74) is -3.22. The van der Waals surface area contributed by atoms with Crippen molar-refractivity contribution >= 4 is 17.9 Å². The first kappa shape index (κ1) is 15.4. The normalized spacial score (nSPS) is 12.2. The molecule has 0 heterocycles. The minimum absolute atomic E-state index is 0.911. The van der Waals surface area contributed by atoms with Crippen LogP contribution in [0.4, 0.5) is 0 Å². The standard InChI is InChI=1S/C10H16O7/c1-9(2,3)17-10(8(15)16,4-6(11)12)5-7(13)14/h4-5H2,1-3H3,(H,11,12)(H,13,14)(H,15,16). The Kier molecular flexibility index (Phi) is 4.64. The van der Waals surface area contributed by atoms with Crippen molar-refractivity contribution in [2.24, 2.45) is 0 Å². The van der Waals surface area contributed by atoms with Crippen LogP contribution in [0.3, 0.4) is 0 Å². The van der Waals surface area contributed by atoms with Crippen LogP contribution in [0.1, 0.15) is 33.6 Å². The minimum atomic E-state index is -2.25. The second kappa shape index (κ2) is 5.13. The van der Waals surface area contributed by atoms with E-state index in [4.69, 9.17) is 20.1 Å². The highest BCUT2D eigenvalue weighted by molar-refractivity contribution is 5.88. The lowest BCUT2D eigenvalue weighted by atomic mass is 9.94. The summed E-state index contributed by atoms with van der Waals surface area (Å²) in [7, 11) is 0. The highest BCUT2D eigenvalue weighted by atomic mass is 16.5. The van der Waals surface area contributed by atoms with Gasteiger partial charge in [-0.2, -0.15) is 0 Å². The number of carboxylic acid groups (broad SMARTS) is 3. The molecule has 17 heavy (non-hydrogen) atoms. The molecule has 0 saturated carbocycles. The smallest absolute Gasteiger partial charge is 0.337 e. The van der Waals surface area contributed by atoms with Crippen molar-refractivity contribution in [2.45, 2.75) is 44.8 Å². The van der Waals surface area contributed by atoms with Crippen molar-refractivity contribution < 1.29 is 34.4 Å². The average Bonchev–Trinajstić information content (AvgIpc) is 1.96. The van der Waals surface area contributed by atoms with E-state index in [2.05, 4.69) is 0 Å². The Morgan fingerprint density at radius 1 is 0.941 bits per heavy atom. The van der Waals surface area contributed by atoms with E-state index in [1.54, 1.807) is 0 Å². The van der Waals surface area contributed by atoms with Gasteiger partial charge >= 0.3 is 17.9 Å². The van der Waals surface area contributed by atoms with Crippen LogP contribution in [-0.2, 0) is 19.1 Å². The molecule has 0 rings (SSSR count). The Morgan fingerprint density at radius 2 is 1.29 bits per heavy atom. The van der Waals surface area contributed by atoms with Gasteiger partial charge in [-0.1, -0.05) is 0 Å². The van der Waals surface area contributed by atoms with Crippen LogP contribution in [0.2, 0.25) is 0 Å². The lowest BCUT2D eigenvalue weighted by Gasteiger charge is -2.34. The van der Waals surface area contributed by atoms with Crippen molar-refractivity contribution in [3.05, 3.63) is 0 Å². The van der Waals surface area contributed by atoms with Gasteiger partial charge in [0.05, 0.1) is 18.4 Å². The number of aliphatic carboxylic acids is 3. The lowest BCUT2D eigenvalue weighted by Crippen LogP contribution is -2.49. The fourth-order valence-electron chi connectivity index (χ4n) is 1.40. The molecule has 0 aliphatic heterocycles. The predicted octanol–water partition coefficient (Wildman–Crippen LogP) is 0.574. The van der Waals surface area contributed by atoms with Gasteiger partial charge in [-0.05, 0) is 20.8 Å². The Balaban J connectivity index is 5.31. The van der Waals surface area contributed by atoms with Gasteiger partial charge in [0.25, 0.3) is 0 Å². The zero-order valence-electron chi connectivity index (χ0n) is 9.89. The molecule has 0 bridgehead atoms. The second-order valence-corrected chi connectivity index (χ2v) is 4.65. The monoisotopic (exact) mass is 248 g/mol. The first-order valence-electron chi connectivity index (χ1n) is 4.86. The number of carbonyl (C=O) groups is 3. The van der Waals surface area contributed by atoms with Crippen molar-refractivity contribution in [2.75, 3.05) is 0 Å². The summed E-state index contributed by atoms with van der Waals surface area (Å²) in [6.07, 6.45) is -1.82. The van der Waals surface area contributed by atoms with Gasteiger partial charge in [-0.3, -0.25) is 9.59 Å². The van der Waals surface area contributed by atoms with Crippen molar-refractivity contribution in [1.82, 2.24) is 0 Å². The van der Waals surface area contributed by atoms with Gasteiger partial charge in [0, 0.05) is 0 Å². The van der Waals surface area contributed by atoms with Crippen LogP contribution >= 0.6 is 0 Å². The molecule has 0 aromatic rings. The Hall–Kier alpha value is -1.63. The molecule has 0 unspecified atom stereocenters. The van der Waals surface area contributed by atoms with E-state index in [0.717, 1.165) is 0 Å². The van der Waals surface area contributed by atoms with Crippen LogP contribution in [0.5, 0.6) is 0 Å². The van der Waals surface area contributed by atoms with Gasteiger partial charge < -0.3 is 20.1 Å². The van der Waals surface area contributed by atoms with Gasteiger partial charge in [0.2, 0.25) is 0 Å². The van der Waals surface area contributed by atoms with Crippen molar-refractivity contribution in [3.63, 3.8) is 0 Å². The molecule has 0 aliphatic rings. The van der Waals surface area contributed by atoms with E-state index in [-0.39, 0.29) is 0 Å². The van der Waals surface area contributed by atoms with Gasteiger partial charge in [-0.15, -0.1) is 0 Å². The first-order valence-corrected chi connectivity index (χ1v) is 4.86. The molecular formula is C10H16O7. The van der Waals surface area contributed by atoms with Crippen molar-refractivity contribution in [3.8, 4) is 0 Å². The number of hydrogen-bond acceptors (Lipinski definition) is 4. The molecule has 7 nitrogen and oxygen atoms in total. The SMILES string of the molecule is CC(C)(C)OC(CC(=O)O)(CC(=O)O)C(=O)O. The zero-order chi connectivity index (χ0) is 13.9. The van der Waals surface area contributed by atoms with Crippen molar-refractivity contribution in [1.29, 1.82) is 0 Å². The molecule has 0 saturated heterocycles. The molecule has 0 atom stereocenters. The Bertz CT molecular complexity index is 310. The summed E-state index contributed by atoms with van der Waals surface area (Å²) >= 11 is 0. The van der Waals surface area contributed by atoms with E-state index in [0.29, 0.717) is 0 Å².